The van der Waals surface area contributed by atoms with Crippen LogP contribution in [0.15, 0.2) is 30.6 Å². The molecule has 2 saturated carbocycles. The molecule has 5 nitrogen and oxygen atoms in total. The van der Waals surface area contributed by atoms with Crippen LogP contribution < -0.4 is 0 Å². The lowest BCUT2D eigenvalue weighted by Gasteiger charge is -2.64. The van der Waals surface area contributed by atoms with Gasteiger partial charge in [-0.2, -0.15) is 0 Å². The standard InChI is InChI=1S/C28H37NO4/c1-19(31)33-21-8-11-28(5,24(32)17-21)27(4)14-13-25(2)22(20-7-6-15-29-18-20)9-12-26(25,3)23(27)10-16-30/h6-7,9,15-16,18,21,23H,8,10-14,17H2,1-5H3/t21-,23?,25+,26-,27-,28-/m0/s1. The third-order valence-electron chi connectivity index (χ3n) is 10.2. The Balaban J connectivity index is 1.70. The van der Waals surface area contributed by atoms with Gasteiger partial charge in [-0.25, -0.2) is 0 Å². The van der Waals surface area contributed by atoms with E-state index in [1.807, 2.05) is 12.3 Å². The van der Waals surface area contributed by atoms with E-state index in [1.165, 1.54) is 12.5 Å². The van der Waals surface area contributed by atoms with Crippen molar-refractivity contribution >= 4 is 23.6 Å². The fourth-order valence-corrected chi connectivity index (χ4v) is 7.70. The Morgan fingerprint density at radius 2 is 1.91 bits per heavy atom. The molecule has 0 saturated heterocycles. The number of esters is 1. The van der Waals surface area contributed by atoms with Crippen LogP contribution in [0.1, 0.15) is 85.1 Å². The number of fused-ring (bicyclic) bond motifs is 1. The zero-order valence-corrected chi connectivity index (χ0v) is 20.6. The molecule has 33 heavy (non-hydrogen) atoms. The van der Waals surface area contributed by atoms with Crippen molar-refractivity contribution in [2.45, 2.75) is 85.7 Å². The molecule has 0 amide bonds. The first kappa shape index (κ1) is 23.8. The van der Waals surface area contributed by atoms with Gasteiger partial charge in [0.15, 0.2) is 0 Å². The van der Waals surface area contributed by atoms with Gasteiger partial charge in [0.25, 0.3) is 0 Å². The van der Waals surface area contributed by atoms with E-state index in [2.05, 4.69) is 44.8 Å². The van der Waals surface area contributed by atoms with Crippen molar-refractivity contribution in [3.8, 4) is 0 Å². The number of ketones is 1. The predicted octanol–water partition coefficient (Wildman–Crippen LogP) is 5.58. The molecule has 1 unspecified atom stereocenters. The Bertz CT molecular complexity index is 987. The molecule has 3 aliphatic carbocycles. The molecule has 3 aliphatic rings. The molecule has 6 atom stereocenters. The summed E-state index contributed by atoms with van der Waals surface area (Å²) < 4.78 is 5.39. The molecule has 1 heterocycles. The van der Waals surface area contributed by atoms with Gasteiger partial charge in [-0.15, -0.1) is 0 Å². The molecule has 0 radical (unpaired) electrons. The molecular formula is C28H37NO4. The summed E-state index contributed by atoms with van der Waals surface area (Å²) in [4.78, 5) is 41.4. The second-order valence-corrected chi connectivity index (χ2v) is 11.4. The Kier molecular flexibility index (Phi) is 5.91. The number of nitrogens with zero attached hydrogens (tertiary/aromatic N) is 1. The third-order valence-corrected chi connectivity index (χ3v) is 10.2. The molecule has 1 aromatic heterocycles. The van der Waals surface area contributed by atoms with E-state index < -0.39 is 5.41 Å². The Morgan fingerprint density at radius 1 is 1.15 bits per heavy atom. The summed E-state index contributed by atoms with van der Waals surface area (Å²) in [6.45, 7) is 10.4. The van der Waals surface area contributed by atoms with Crippen molar-refractivity contribution in [1.29, 1.82) is 0 Å². The summed E-state index contributed by atoms with van der Waals surface area (Å²) in [5.74, 6) is -0.0858. The van der Waals surface area contributed by atoms with Crippen LogP contribution in [0.25, 0.3) is 5.57 Å². The molecule has 0 aromatic carbocycles. The van der Waals surface area contributed by atoms with E-state index in [0.29, 0.717) is 19.3 Å². The van der Waals surface area contributed by atoms with Crippen LogP contribution in [0.3, 0.4) is 0 Å². The van der Waals surface area contributed by atoms with E-state index >= 15 is 0 Å². The van der Waals surface area contributed by atoms with Gasteiger partial charge in [0, 0.05) is 37.6 Å². The van der Waals surface area contributed by atoms with Crippen LogP contribution in [0.5, 0.6) is 0 Å². The Morgan fingerprint density at radius 3 is 2.52 bits per heavy atom. The van der Waals surface area contributed by atoms with Gasteiger partial charge in [0.1, 0.15) is 18.2 Å². The van der Waals surface area contributed by atoms with Gasteiger partial charge >= 0.3 is 5.97 Å². The monoisotopic (exact) mass is 451 g/mol. The molecular weight excluding hydrogens is 414 g/mol. The zero-order valence-electron chi connectivity index (χ0n) is 20.6. The average molecular weight is 452 g/mol. The highest BCUT2D eigenvalue weighted by Gasteiger charge is 2.67. The number of rotatable bonds is 5. The summed E-state index contributed by atoms with van der Waals surface area (Å²) in [7, 11) is 0. The normalized spacial score (nSPS) is 40.6. The number of pyridine rings is 1. The number of hydrogen-bond acceptors (Lipinski definition) is 5. The van der Waals surface area contributed by atoms with Crippen LogP contribution in [-0.2, 0) is 19.1 Å². The number of hydrogen-bond donors (Lipinski definition) is 0. The largest absolute Gasteiger partial charge is 0.462 e. The predicted molar refractivity (Wildman–Crippen MR) is 127 cm³/mol. The third kappa shape index (κ3) is 3.41. The van der Waals surface area contributed by atoms with E-state index in [0.717, 1.165) is 31.1 Å². The topological polar surface area (TPSA) is 73.3 Å². The van der Waals surface area contributed by atoms with Crippen molar-refractivity contribution in [2.75, 3.05) is 0 Å². The Labute approximate surface area is 197 Å². The lowest BCUT2D eigenvalue weighted by atomic mass is 9.39. The second kappa shape index (κ2) is 8.18. The molecule has 5 heteroatoms. The first-order valence-corrected chi connectivity index (χ1v) is 12.3. The molecule has 1 aromatic rings. The van der Waals surface area contributed by atoms with Gasteiger partial charge in [-0.3, -0.25) is 14.6 Å². The van der Waals surface area contributed by atoms with Crippen molar-refractivity contribution in [3.63, 3.8) is 0 Å². The molecule has 0 aliphatic heterocycles. The van der Waals surface area contributed by atoms with E-state index in [-0.39, 0.29) is 46.4 Å². The zero-order chi connectivity index (χ0) is 24.1. The fourth-order valence-electron chi connectivity index (χ4n) is 7.70. The minimum Gasteiger partial charge on any atom is -0.462 e. The summed E-state index contributed by atoms with van der Waals surface area (Å²) >= 11 is 0. The number of carbonyl (C=O) groups excluding carboxylic acids is 3. The molecule has 0 spiro atoms. The van der Waals surface area contributed by atoms with Gasteiger partial charge in [0.2, 0.25) is 0 Å². The van der Waals surface area contributed by atoms with Gasteiger partial charge in [-0.05, 0) is 71.5 Å². The molecule has 178 valence electrons. The SMILES string of the molecule is CC(=O)O[C@H]1CC[C@](C)([C@@]2(C)CC[C@]3(C)C(c4cccnc4)=CC[C@@]3(C)C2CC=O)C(=O)C1. The molecule has 2 fully saturated rings. The quantitative estimate of drug-likeness (QED) is 0.432. The highest BCUT2D eigenvalue weighted by molar-refractivity contribution is 5.87. The second-order valence-electron chi connectivity index (χ2n) is 11.4. The van der Waals surface area contributed by atoms with E-state index in [9.17, 15) is 14.4 Å². The summed E-state index contributed by atoms with van der Waals surface area (Å²) in [5, 5.41) is 0. The maximum atomic E-state index is 13.6. The maximum absolute atomic E-state index is 13.6. The number of allylic oxidation sites excluding steroid dienone is 2. The minimum absolute atomic E-state index is 0.0749. The molecule has 4 rings (SSSR count). The van der Waals surface area contributed by atoms with Crippen LogP contribution in [-0.4, -0.2) is 29.1 Å². The smallest absolute Gasteiger partial charge is 0.302 e. The van der Waals surface area contributed by atoms with Gasteiger partial charge in [0.05, 0.1) is 0 Å². The Hall–Kier alpha value is -2.30. The van der Waals surface area contributed by atoms with Crippen LogP contribution in [0, 0.1) is 27.6 Å². The number of ether oxygens (including phenoxy) is 1. The van der Waals surface area contributed by atoms with Gasteiger partial charge < -0.3 is 9.53 Å². The average Bonchev–Trinajstić information content (AvgIpc) is 3.05. The van der Waals surface area contributed by atoms with Crippen LogP contribution >= 0.6 is 0 Å². The highest BCUT2D eigenvalue weighted by atomic mass is 16.5. The van der Waals surface area contributed by atoms with E-state index in [1.54, 1.807) is 6.20 Å². The van der Waals surface area contributed by atoms with Crippen molar-refractivity contribution in [3.05, 3.63) is 36.2 Å². The number of aldehydes is 1. The molecule has 0 N–H and O–H groups in total. The maximum Gasteiger partial charge on any atom is 0.302 e. The lowest BCUT2D eigenvalue weighted by molar-refractivity contribution is -0.175. The lowest BCUT2D eigenvalue weighted by Crippen LogP contribution is -2.60. The van der Waals surface area contributed by atoms with Crippen molar-refractivity contribution < 1.29 is 19.1 Å². The summed E-state index contributed by atoms with van der Waals surface area (Å²) in [5.41, 5.74) is 1.41. The first-order valence-electron chi connectivity index (χ1n) is 12.3. The number of carbonyl (C=O) groups is 3. The van der Waals surface area contributed by atoms with Crippen molar-refractivity contribution in [1.82, 2.24) is 4.98 Å². The van der Waals surface area contributed by atoms with Crippen molar-refractivity contribution in [2.24, 2.45) is 27.6 Å². The van der Waals surface area contributed by atoms with E-state index in [4.69, 9.17) is 4.74 Å². The molecule has 0 bridgehead atoms. The first-order chi connectivity index (χ1) is 15.5. The number of Topliss-reactive ketones (excluding diaryl/α,β-unsaturated/α-hetero) is 1. The van der Waals surface area contributed by atoms with Gasteiger partial charge in [-0.1, -0.05) is 39.8 Å². The highest BCUT2D eigenvalue weighted by Crippen LogP contribution is 2.73. The number of aromatic nitrogens is 1. The summed E-state index contributed by atoms with van der Waals surface area (Å²) in [6.07, 6.45) is 11.7. The van der Waals surface area contributed by atoms with Crippen LogP contribution in [0.4, 0.5) is 0 Å². The summed E-state index contributed by atoms with van der Waals surface area (Å²) in [6, 6.07) is 4.10. The minimum atomic E-state index is -0.543. The van der Waals surface area contributed by atoms with Crippen LogP contribution in [0.2, 0.25) is 0 Å². The fraction of sp³-hybridized carbons (Fsp3) is 0.643.